The second kappa shape index (κ2) is 9.85. The number of methoxy groups -OCH3 is 1. The van der Waals surface area contributed by atoms with E-state index in [1.54, 1.807) is 30.2 Å². The second-order valence-electron chi connectivity index (χ2n) is 8.16. The molecule has 2 fully saturated rings. The van der Waals surface area contributed by atoms with Crippen molar-refractivity contribution in [3.05, 3.63) is 57.3 Å². The standard InChI is InChI=1S/C24H28N2O5S/c1-16-15-17(6-7-18(16)30-2)22(27)20-21(19-5-3-14-32-19)26(24(29)23(20)28)9-4-8-25-10-12-31-13-11-25/h3,5-7,14-15,21,27H,4,8-13H2,1-2H3/p+1. The lowest BCUT2D eigenvalue weighted by atomic mass is 9.98. The number of Topliss-reactive ketones (excluding diaryl/α,β-unsaturated/α-hetero) is 1. The van der Waals surface area contributed by atoms with E-state index < -0.39 is 17.7 Å². The number of aliphatic hydroxyl groups is 1. The molecule has 3 heterocycles. The molecule has 2 N–H and O–H groups in total. The number of carbonyl (C=O) groups excluding carboxylic acids is 2. The molecule has 0 saturated carbocycles. The lowest BCUT2D eigenvalue weighted by Crippen LogP contribution is -3.14. The number of thiophene rings is 1. The Balaban J connectivity index is 1.63. The van der Waals surface area contributed by atoms with Gasteiger partial charge in [-0.1, -0.05) is 6.07 Å². The van der Waals surface area contributed by atoms with E-state index in [2.05, 4.69) is 0 Å². The Labute approximate surface area is 191 Å². The van der Waals surface area contributed by atoms with Gasteiger partial charge in [-0.05, 0) is 42.1 Å². The minimum absolute atomic E-state index is 0.145. The van der Waals surface area contributed by atoms with Gasteiger partial charge in [-0.3, -0.25) is 9.59 Å². The van der Waals surface area contributed by atoms with E-state index >= 15 is 0 Å². The summed E-state index contributed by atoms with van der Waals surface area (Å²) in [5.74, 6) is -0.628. The van der Waals surface area contributed by atoms with Crippen molar-refractivity contribution in [2.45, 2.75) is 19.4 Å². The molecule has 170 valence electrons. The Morgan fingerprint density at radius 1 is 1.28 bits per heavy atom. The van der Waals surface area contributed by atoms with Crippen LogP contribution in [0.4, 0.5) is 0 Å². The molecule has 2 saturated heterocycles. The SMILES string of the molecule is COc1ccc(C(O)=C2C(=O)C(=O)N(CCC[NH+]3CCOCC3)C2c2cccs2)cc1C. The third-order valence-corrected chi connectivity index (χ3v) is 7.07. The maximum atomic E-state index is 13.1. The highest BCUT2D eigenvalue weighted by Crippen LogP contribution is 2.41. The number of ether oxygens (including phenoxy) is 2. The Kier molecular flexibility index (Phi) is 6.93. The number of hydrogen-bond donors (Lipinski definition) is 2. The first-order valence-corrected chi connectivity index (χ1v) is 11.8. The summed E-state index contributed by atoms with van der Waals surface area (Å²) in [6, 6.07) is 8.48. The number of carbonyl (C=O) groups is 2. The number of quaternary nitrogens is 1. The van der Waals surface area contributed by atoms with Gasteiger partial charge >= 0.3 is 0 Å². The molecule has 7 nitrogen and oxygen atoms in total. The first-order chi connectivity index (χ1) is 15.5. The number of ketones is 1. The first kappa shape index (κ1) is 22.5. The van der Waals surface area contributed by atoms with Crippen LogP contribution in [0.3, 0.4) is 0 Å². The van der Waals surface area contributed by atoms with Gasteiger partial charge in [0.1, 0.15) is 24.6 Å². The minimum Gasteiger partial charge on any atom is -0.507 e. The highest BCUT2D eigenvalue weighted by atomic mass is 32.1. The van der Waals surface area contributed by atoms with E-state index in [1.165, 1.54) is 16.2 Å². The number of likely N-dealkylation sites (tertiary alicyclic amines) is 1. The van der Waals surface area contributed by atoms with Gasteiger partial charge in [-0.2, -0.15) is 0 Å². The van der Waals surface area contributed by atoms with Crippen molar-refractivity contribution in [3.63, 3.8) is 0 Å². The first-order valence-electron chi connectivity index (χ1n) is 10.9. The van der Waals surface area contributed by atoms with Crippen molar-refractivity contribution in [2.24, 2.45) is 0 Å². The molecule has 8 heteroatoms. The van der Waals surface area contributed by atoms with Crippen molar-refractivity contribution >= 4 is 28.8 Å². The molecule has 0 radical (unpaired) electrons. The average Bonchev–Trinajstić information content (AvgIpc) is 3.42. The average molecular weight is 458 g/mol. The predicted octanol–water partition coefficient (Wildman–Crippen LogP) is 1.79. The molecular formula is C24H29N2O5S+. The molecule has 1 amide bonds. The maximum Gasteiger partial charge on any atom is 0.295 e. The van der Waals surface area contributed by atoms with Crippen molar-refractivity contribution in [3.8, 4) is 5.75 Å². The summed E-state index contributed by atoms with van der Waals surface area (Å²) in [5, 5.41) is 13.1. The summed E-state index contributed by atoms with van der Waals surface area (Å²) in [7, 11) is 1.59. The summed E-state index contributed by atoms with van der Waals surface area (Å²) in [4.78, 5) is 30.0. The van der Waals surface area contributed by atoms with Gasteiger partial charge in [0.05, 0.1) is 38.5 Å². The second-order valence-corrected chi connectivity index (χ2v) is 9.14. The van der Waals surface area contributed by atoms with E-state index in [9.17, 15) is 14.7 Å². The van der Waals surface area contributed by atoms with Gasteiger partial charge < -0.3 is 24.4 Å². The number of hydrogen-bond acceptors (Lipinski definition) is 6. The van der Waals surface area contributed by atoms with Crippen LogP contribution in [-0.2, 0) is 14.3 Å². The number of nitrogens with one attached hydrogen (secondary N) is 1. The van der Waals surface area contributed by atoms with Crippen LogP contribution in [0, 0.1) is 6.92 Å². The van der Waals surface area contributed by atoms with E-state index in [1.807, 2.05) is 24.4 Å². The smallest absolute Gasteiger partial charge is 0.295 e. The van der Waals surface area contributed by atoms with E-state index in [4.69, 9.17) is 9.47 Å². The van der Waals surface area contributed by atoms with E-state index in [0.717, 1.165) is 49.7 Å². The minimum atomic E-state index is -0.631. The Morgan fingerprint density at radius 3 is 2.72 bits per heavy atom. The fraction of sp³-hybridized carbons (Fsp3) is 0.417. The Hall–Kier alpha value is -2.68. The van der Waals surface area contributed by atoms with Crippen LogP contribution < -0.4 is 9.64 Å². The fourth-order valence-electron chi connectivity index (χ4n) is 4.44. The molecule has 1 atom stereocenters. The number of aliphatic hydroxyl groups excluding tert-OH is 1. The summed E-state index contributed by atoms with van der Waals surface area (Å²) in [5.41, 5.74) is 1.49. The zero-order valence-corrected chi connectivity index (χ0v) is 19.2. The topological polar surface area (TPSA) is 80.5 Å². The van der Waals surface area contributed by atoms with Gasteiger partial charge in [0.2, 0.25) is 0 Å². The molecule has 1 unspecified atom stereocenters. The Morgan fingerprint density at radius 2 is 2.06 bits per heavy atom. The zero-order chi connectivity index (χ0) is 22.7. The van der Waals surface area contributed by atoms with Crippen LogP contribution in [0.2, 0.25) is 0 Å². The molecule has 2 aromatic rings. The van der Waals surface area contributed by atoms with Gasteiger partial charge in [0.25, 0.3) is 11.7 Å². The molecule has 0 aliphatic carbocycles. The number of morpholine rings is 1. The molecule has 0 bridgehead atoms. The fourth-order valence-corrected chi connectivity index (χ4v) is 5.29. The van der Waals surface area contributed by atoms with Crippen molar-refractivity contribution < 1.29 is 29.1 Å². The van der Waals surface area contributed by atoms with Gasteiger partial charge in [0.15, 0.2) is 0 Å². The van der Waals surface area contributed by atoms with Crippen molar-refractivity contribution in [2.75, 3.05) is 46.5 Å². The largest absolute Gasteiger partial charge is 0.507 e. The normalized spacial score (nSPS) is 21.3. The van der Waals surface area contributed by atoms with E-state index in [-0.39, 0.29) is 11.3 Å². The number of nitrogens with zero attached hydrogens (tertiary/aromatic N) is 1. The molecule has 1 aromatic heterocycles. The van der Waals surface area contributed by atoms with Crippen LogP contribution >= 0.6 is 11.3 Å². The molecule has 4 rings (SSSR count). The number of rotatable bonds is 7. The zero-order valence-electron chi connectivity index (χ0n) is 18.4. The lowest BCUT2D eigenvalue weighted by Gasteiger charge is -2.27. The van der Waals surface area contributed by atoms with Crippen molar-refractivity contribution in [1.29, 1.82) is 0 Å². The molecule has 2 aliphatic heterocycles. The molecule has 32 heavy (non-hydrogen) atoms. The maximum absolute atomic E-state index is 13.1. The summed E-state index contributed by atoms with van der Waals surface area (Å²) < 4.78 is 10.7. The monoisotopic (exact) mass is 457 g/mol. The quantitative estimate of drug-likeness (QED) is 0.377. The Bertz CT molecular complexity index is 1010. The summed E-state index contributed by atoms with van der Waals surface area (Å²) in [6.07, 6.45) is 0.784. The number of aryl methyl sites for hydroxylation is 1. The predicted molar refractivity (Wildman–Crippen MR) is 122 cm³/mol. The van der Waals surface area contributed by atoms with Crippen LogP contribution in [0.5, 0.6) is 5.75 Å². The number of benzene rings is 1. The highest BCUT2D eigenvalue weighted by Gasteiger charge is 2.46. The van der Waals surface area contributed by atoms with Gasteiger partial charge in [-0.25, -0.2) is 0 Å². The third kappa shape index (κ3) is 4.44. The number of amides is 1. The molecule has 2 aliphatic rings. The van der Waals surface area contributed by atoms with Crippen molar-refractivity contribution in [1.82, 2.24) is 4.90 Å². The molecule has 1 aromatic carbocycles. The lowest BCUT2D eigenvalue weighted by molar-refractivity contribution is -0.908. The highest BCUT2D eigenvalue weighted by molar-refractivity contribution is 7.10. The third-order valence-electron chi connectivity index (χ3n) is 6.15. The molecule has 0 spiro atoms. The van der Waals surface area contributed by atoms with Crippen LogP contribution in [0.1, 0.15) is 28.5 Å². The van der Waals surface area contributed by atoms with Gasteiger partial charge in [0, 0.05) is 23.4 Å². The van der Waals surface area contributed by atoms with Crippen LogP contribution in [0.25, 0.3) is 5.76 Å². The van der Waals surface area contributed by atoms with Gasteiger partial charge in [-0.15, -0.1) is 11.3 Å². The van der Waals surface area contributed by atoms with Crippen LogP contribution in [0.15, 0.2) is 41.3 Å². The molecular weight excluding hydrogens is 428 g/mol. The summed E-state index contributed by atoms with van der Waals surface area (Å²) in [6.45, 7) is 6.71. The summed E-state index contributed by atoms with van der Waals surface area (Å²) >= 11 is 1.48. The van der Waals surface area contributed by atoms with Crippen LogP contribution in [-0.4, -0.2) is 68.2 Å². The van der Waals surface area contributed by atoms with E-state index in [0.29, 0.717) is 17.9 Å².